The second-order valence-corrected chi connectivity index (χ2v) is 8.97. The highest BCUT2D eigenvalue weighted by Gasteiger charge is 2.35. The quantitative estimate of drug-likeness (QED) is 0.511. The van der Waals surface area contributed by atoms with Crippen molar-refractivity contribution in [2.24, 2.45) is 0 Å². The molecule has 30 heavy (non-hydrogen) atoms. The minimum Gasteiger partial charge on any atom is -0.312 e. The third kappa shape index (κ3) is 3.86. The van der Waals surface area contributed by atoms with E-state index in [0.29, 0.717) is 6.54 Å². The first-order valence-electron chi connectivity index (χ1n) is 10.5. The first-order chi connectivity index (χ1) is 14.5. The van der Waals surface area contributed by atoms with E-state index < -0.39 is 0 Å². The van der Waals surface area contributed by atoms with Gasteiger partial charge in [0.2, 0.25) is 0 Å². The second kappa shape index (κ2) is 8.60. The molecule has 5 heteroatoms. The molecule has 0 fully saturated rings. The maximum absolute atomic E-state index is 13.6. The molecular formula is C25H27FN2OS. The summed E-state index contributed by atoms with van der Waals surface area (Å²) in [7, 11) is 0. The summed E-state index contributed by atoms with van der Waals surface area (Å²) < 4.78 is 13.6. The van der Waals surface area contributed by atoms with E-state index in [1.807, 2.05) is 29.2 Å². The van der Waals surface area contributed by atoms with Crippen LogP contribution in [0.5, 0.6) is 0 Å². The van der Waals surface area contributed by atoms with Crippen LogP contribution >= 0.6 is 11.3 Å². The van der Waals surface area contributed by atoms with Gasteiger partial charge in [-0.15, -0.1) is 11.3 Å². The molecule has 0 saturated carbocycles. The summed E-state index contributed by atoms with van der Waals surface area (Å²) >= 11 is 1.77. The molecule has 3 aromatic rings. The molecule has 2 aromatic carbocycles. The second-order valence-electron chi connectivity index (χ2n) is 7.71. The summed E-state index contributed by atoms with van der Waals surface area (Å²) in [5.41, 5.74) is 5.74. The van der Waals surface area contributed by atoms with E-state index in [9.17, 15) is 9.18 Å². The van der Waals surface area contributed by atoms with E-state index in [4.69, 9.17) is 0 Å². The van der Waals surface area contributed by atoms with E-state index in [-0.39, 0.29) is 17.9 Å². The van der Waals surface area contributed by atoms with Crippen LogP contribution in [0.1, 0.15) is 51.9 Å². The Hall–Kier alpha value is -2.66. The van der Waals surface area contributed by atoms with Crippen molar-refractivity contribution in [3.63, 3.8) is 0 Å². The molecular weight excluding hydrogens is 395 g/mol. The smallest absolute Gasteiger partial charge is 0.312 e. The highest BCUT2D eigenvalue weighted by atomic mass is 32.1. The fourth-order valence-corrected chi connectivity index (χ4v) is 5.77. The number of thiophene rings is 1. The van der Waals surface area contributed by atoms with Gasteiger partial charge in [-0.2, -0.15) is 0 Å². The predicted octanol–water partition coefficient (Wildman–Crippen LogP) is 6.50. The highest BCUT2D eigenvalue weighted by molar-refractivity contribution is 7.12. The van der Waals surface area contributed by atoms with Crippen molar-refractivity contribution < 1.29 is 9.18 Å². The third-order valence-electron chi connectivity index (χ3n) is 5.93. The van der Waals surface area contributed by atoms with Crippen LogP contribution in [0.15, 0.2) is 48.5 Å². The minimum absolute atomic E-state index is 0.122. The number of carbonyl (C=O) groups excluding carboxylic acids is 1. The Morgan fingerprint density at radius 1 is 1.10 bits per heavy atom. The largest absolute Gasteiger partial charge is 0.322 e. The molecule has 1 atom stereocenters. The lowest BCUT2D eigenvalue weighted by atomic mass is 9.92. The van der Waals surface area contributed by atoms with Gasteiger partial charge in [0.15, 0.2) is 0 Å². The van der Waals surface area contributed by atoms with Crippen molar-refractivity contribution in [3.8, 4) is 0 Å². The number of fused-ring (bicyclic) bond motifs is 1. The molecule has 156 valence electrons. The number of urea groups is 1. The lowest BCUT2D eigenvalue weighted by Gasteiger charge is -2.36. The van der Waals surface area contributed by atoms with E-state index in [2.05, 4.69) is 26.1 Å². The summed E-state index contributed by atoms with van der Waals surface area (Å²) in [6.07, 6.45) is 2.81. The number of benzene rings is 2. The van der Waals surface area contributed by atoms with Crippen molar-refractivity contribution in [2.75, 3.05) is 11.9 Å². The summed E-state index contributed by atoms with van der Waals surface area (Å²) in [6, 6.07) is 14.2. The Balaban J connectivity index is 1.69. The van der Waals surface area contributed by atoms with E-state index >= 15 is 0 Å². The molecule has 0 aliphatic carbocycles. The molecule has 1 N–H and O–H groups in total. The zero-order valence-corrected chi connectivity index (χ0v) is 18.5. The maximum atomic E-state index is 13.6. The average molecular weight is 423 g/mol. The molecule has 2 amide bonds. The SMILES string of the molecule is CCc1ccc(NC(=O)N2CCc3c(sc(C)c3CC)[C@H]2c2ccc(F)cc2)cc1. The van der Waals surface area contributed by atoms with Gasteiger partial charge in [-0.25, -0.2) is 9.18 Å². The average Bonchev–Trinajstić information content (AvgIpc) is 3.09. The third-order valence-corrected chi connectivity index (χ3v) is 7.17. The topological polar surface area (TPSA) is 32.3 Å². The van der Waals surface area contributed by atoms with Gasteiger partial charge < -0.3 is 10.2 Å². The van der Waals surface area contributed by atoms with Crippen molar-refractivity contribution in [1.29, 1.82) is 0 Å². The number of nitrogens with one attached hydrogen (secondary N) is 1. The summed E-state index contributed by atoms with van der Waals surface area (Å²) in [5.74, 6) is -0.265. The lowest BCUT2D eigenvalue weighted by Crippen LogP contribution is -2.42. The van der Waals surface area contributed by atoms with Crippen LogP contribution in [-0.4, -0.2) is 17.5 Å². The van der Waals surface area contributed by atoms with Crippen LogP contribution in [-0.2, 0) is 19.3 Å². The van der Waals surface area contributed by atoms with Gasteiger partial charge in [0.05, 0.1) is 6.04 Å². The van der Waals surface area contributed by atoms with Crippen molar-refractivity contribution >= 4 is 23.1 Å². The number of anilines is 1. The molecule has 1 aromatic heterocycles. The van der Waals surface area contributed by atoms with Crippen LogP contribution in [0.3, 0.4) is 0 Å². The van der Waals surface area contributed by atoms with Gasteiger partial charge in [0, 0.05) is 22.0 Å². The monoisotopic (exact) mass is 422 g/mol. The Kier molecular flexibility index (Phi) is 5.91. The Bertz CT molecular complexity index is 1040. The molecule has 0 spiro atoms. The van der Waals surface area contributed by atoms with Gasteiger partial charge in [-0.3, -0.25) is 0 Å². The summed E-state index contributed by atoms with van der Waals surface area (Å²) in [6.45, 7) is 7.08. The van der Waals surface area contributed by atoms with E-state index in [0.717, 1.165) is 30.5 Å². The number of hydrogen-bond donors (Lipinski definition) is 1. The zero-order valence-electron chi connectivity index (χ0n) is 17.7. The molecule has 4 rings (SSSR count). The maximum Gasteiger partial charge on any atom is 0.322 e. The number of carbonyl (C=O) groups is 1. The Morgan fingerprint density at radius 2 is 1.80 bits per heavy atom. The molecule has 1 aliphatic heterocycles. The number of rotatable bonds is 4. The Labute approximate surface area is 181 Å². The summed E-state index contributed by atoms with van der Waals surface area (Å²) in [5, 5.41) is 3.06. The molecule has 0 unspecified atom stereocenters. The first-order valence-corrected chi connectivity index (χ1v) is 11.4. The predicted molar refractivity (Wildman–Crippen MR) is 122 cm³/mol. The van der Waals surface area contributed by atoms with Gasteiger partial charge in [0.25, 0.3) is 0 Å². The highest BCUT2D eigenvalue weighted by Crippen LogP contribution is 2.43. The summed E-state index contributed by atoms with van der Waals surface area (Å²) in [4.78, 5) is 17.7. The minimum atomic E-state index is -0.265. The van der Waals surface area contributed by atoms with Gasteiger partial charge >= 0.3 is 6.03 Å². The standard InChI is InChI=1S/C25H27FN2OS/c1-4-17-6-12-20(13-7-17)27-25(29)28-15-14-22-21(5-2)16(3)30-24(22)23(28)18-8-10-19(26)11-9-18/h6-13,23H,4-5,14-15H2,1-3H3,(H,27,29)/t23-/m1/s1. The van der Waals surface area contributed by atoms with Crippen LogP contribution in [0.4, 0.5) is 14.9 Å². The number of halogens is 1. The number of amides is 2. The molecule has 2 heterocycles. The molecule has 0 saturated heterocycles. The van der Waals surface area contributed by atoms with Crippen molar-refractivity contribution in [3.05, 3.63) is 86.4 Å². The number of nitrogens with zero attached hydrogens (tertiary/aromatic N) is 1. The lowest BCUT2D eigenvalue weighted by molar-refractivity contribution is 0.195. The van der Waals surface area contributed by atoms with Crippen LogP contribution in [0.2, 0.25) is 0 Å². The van der Waals surface area contributed by atoms with Crippen molar-refractivity contribution in [2.45, 2.75) is 46.1 Å². The van der Waals surface area contributed by atoms with Crippen LogP contribution in [0, 0.1) is 12.7 Å². The molecule has 0 radical (unpaired) electrons. The zero-order chi connectivity index (χ0) is 21.3. The first kappa shape index (κ1) is 20.6. The van der Waals surface area contributed by atoms with Crippen LogP contribution in [0.25, 0.3) is 0 Å². The molecule has 3 nitrogen and oxygen atoms in total. The van der Waals surface area contributed by atoms with Crippen LogP contribution < -0.4 is 5.32 Å². The molecule has 1 aliphatic rings. The normalized spacial score (nSPS) is 15.7. The fourth-order valence-electron chi connectivity index (χ4n) is 4.32. The molecule has 0 bridgehead atoms. The fraction of sp³-hybridized carbons (Fsp3) is 0.320. The van der Waals surface area contributed by atoms with Gasteiger partial charge in [-0.1, -0.05) is 38.1 Å². The van der Waals surface area contributed by atoms with E-state index in [1.54, 1.807) is 23.5 Å². The number of aryl methyl sites for hydroxylation is 2. The van der Waals surface area contributed by atoms with E-state index in [1.165, 1.54) is 38.6 Å². The number of hydrogen-bond acceptors (Lipinski definition) is 2. The Morgan fingerprint density at radius 3 is 2.43 bits per heavy atom. The van der Waals surface area contributed by atoms with Gasteiger partial charge in [-0.05, 0) is 72.7 Å². The van der Waals surface area contributed by atoms with Crippen molar-refractivity contribution in [1.82, 2.24) is 4.90 Å². The van der Waals surface area contributed by atoms with Gasteiger partial charge in [0.1, 0.15) is 5.82 Å².